The van der Waals surface area contributed by atoms with Gasteiger partial charge in [0.15, 0.2) is 11.5 Å². The first-order valence-electron chi connectivity index (χ1n) is 9.66. The number of allylic oxidation sites excluding steroid dienone is 1. The molecule has 0 radical (unpaired) electrons. The lowest BCUT2D eigenvalue weighted by Crippen LogP contribution is -2.47. The molecule has 1 fully saturated rings. The van der Waals surface area contributed by atoms with Gasteiger partial charge in [-0.15, -0.1) is 0 Å². The molecule has 0 bridgehead atoms. The van der Waals surface area contributed by atoms with Crippen molar-refractivity contribution in [3.05, 3.63) is 64.2 Å². The average molecular weight is 422 g/mol. The van der Waals surface area contributed by atoms with Crippen LogP contribution >= 0.6 is 11.8 Å². The Bertz CT molecular complexity index is 1040. The molecule has 2 heterocycles. The summed E-state index contributed by atoms with van der Waals surface area (Å²) in [5.41, 5.74) is 3.79. The fraction of sp³-hybridized carbons (Fsp3) is 0.304. The molecular formula is C23H23N3O3S. The molecule has 0 spiro atoms. The van der Waals surface area contributed by atoms with Crippen molar-refractivity contribution in [3.63, 3.8) is 0 Å². The third-order valence-corrected chi connectivity index (χ3v) is 6.66. The highest BCUT2D eigenvalue weighted by Crippen LogP contribution is 2.44. The van der Waals surface area contributed by atoms with E-state index >= 15 is 0 Å². The van der Waals surface area contributed by atoms with Crippen molar-refractivity contribution in [1.29, 1.82) is 5.26 Å². The number of hydrogen-bond acceptors (Lipinski definition) is 6. The normalized spacial score (nSPS) is 18.7. The summed E-state index contributed by atoms with van der Waals surface area (Å²) in [4.78, 5) is 16.9. The van der Waals surface area contributed by atoms with Gasteiger partial charge in [-0.1, -0.05) is 41.6 Å². The molecule has 7 heteroatoms. The van der Waals surface area contributed by atoms with E-state index in [2.05, 4.69) is 11.0 Å². The van der Waals surface area contributed by atoms with E-state index in [0.29, 0.717) is 36.0 Å². The van der Waals surface area contributed by atoms with E-state index in [9.17, 15) is 10.1 Å². The van der Waals surface area contributed by atoms with Gasteiger partial charge < -0.3 is 14.4 Å². The molecule has 2 aromatic carbocycles. The van der Waals surface area contributed by atoms with E-state index < -0.39 is 0 Å². The molecule has 0 unspecified atom stereocenters. The third kappa shape index (κ3) is 3.59. The highest BCUT2D eigenvalue weighted by Gasteiger charge is 2.38. The Labute approximate surface area is 180 Å². The van der Waals surface area contributed by atoms with Gasteiger partial charge in [-0.25, -0.2) is 0 Å². The molecular weight excluding hydrogens is 398 g/mol. The lowest BCUT2D eigenvalue weighted by atomic mass is 9.86. The first kappa shape index (κ1) is 20.2. The van der Waals surface area contributed by atoms with Gasteiger partial charge in [-0.2, -0.15) is 5.26 Å². The topological polar surface area (TPSA) is 65.8 Å². The maximum absolute atomic E-state index is 13.0. The van der Waals surface area contributed by atoms with Crippen LogP contribution in [-0.4, -0.2) is 37.6 Å². The Morgan fingerprint density at radius 1 is 1.10 bits per heavy atom. The number of carbonyl (C=O) groups is 1. The summed E-state index contributed by atoms with van der Waals surface area (Å²) in [5, 5.41) is 10.7. The quantitative estimate of drug-likeness (QED) is 0.736. The van der Waals surface area contributed by atoms with Crippen molar-refractivity contribution < 1.29 is 14.3 Å². The molecule has 2 aromatic rings. The van der Waals surface area contributed by atoms with E-state index in [4.69, 9.17) is 9.47 Å². The minimum atomic E-state index is -0.186. The van der Waals surface area contributed by atoms with Gasteiger partial charge in [-0.05, 0) is 24.6 Å². The number of amides is 1. The Balaban J connectivity index is 1.64. The molecule has 154 valence electrons. The van der Waals surface area contributed by atoms with E-state index in [1.807, 2.05) is 49.4 Å². The van der Waals surface area contributed by atoms with Gasteiger partial charge in [-0.3, -0.25) is 9.69 Å². The van der Waals surface area contributed by atoms with Crippen LogP contribution in [0.3, 0.4) is 0 Å². The number of nitrogens with zero attached hydrogens (tertiary/aromatic N) is 3. The zero-order valence-corrected chi connectivity index (χ0v) is 18.0. The van der Waals surface area contributed by atoms with Crippen molar-refractivity contribution in [2.75, 3.05) is 31.7 Å². The van der Waals surface area contributed by atoms with Crippen molar-refractivity contribution in [2.45, 2.75) is 19.3 Å². The molecule has 0 saturated carbocycles. The monoisotopic (exact) mass is 421 g/mol. The SMILES string of the molecule is COc1ccc(N2CSC3=C(C#N)[C@@H](c4ccc(C)cc4)CC(=O)N3C2)cc1OC. The molecule has 6 nitrogen and oxygen atoms in total. The summed E-state index contributed by atoms with van der Waals surface area (Å²) < 4.78 is 10.7. The van der Waals surface area contributed by atoms with Gasteiger partial charge in [0, 0.05) is 24.1 Å². The maximum atomic E-state index is 13.0. The van der Waals surface area contributed by atoms with Crippen LogP contribution in [0.5, 0.6) is 11.5 Å². The van der Waals surface area contributed by atoms with Crippen LogP contribution in [0.25, 0.3) is 0 Å². The fourth-order valence-electron chi connectivity index (χ4n) is 3.83. The van der Waals surface area contributed by atoms with Gasteiger partial charge in [0.2, 0.25) is 5.91 Å². The molecule has 2 aliphatic heterocycles. The van der Waals surface area contributed by atoms with Crippen LogP contribution in [0.15, 0.2) is 53.1 Å². The number of methoxy groups -OCH3 is 2. The van der Waals surface area contributed by atoms with Crippen LogP contribution in [0.2, 0.25) is 0 Å². The summed E-state index contributed by atoms with van der Waals surface area (Å²) in [6, 6.07) is 16.2. The molecule has 0 N–H and O–H groups in total. The summed E-state index contributed by atoms with van der Waals surface area (Å²) in [7, 11) is 3.21. The number of hydrogen-bond donors (Lipinski definition) is 0. The van der Waals surface area contributed by atoms with E-state index in [1.54, 1.807) is 19.1 Å². The number of benzene rings is 2. The van der Waals surface area contributed by atoms with E-state index in [1.165, 1.54) is 11.8 Å². The predicted octanol–water partition coefficient (Wildman–Crippen LogP) is 4.23. The first-order chi connectivity index (χ1) is 14.5. The predicted molar refractivity (Wildman–Crippen MR) is 117 cm³/mol. The van der Waals surface area contributed by atoms with Crippen molar-refractivity contribution >= 4 is 23.4 Å². The van der Waals surface area contributed by atoms with Gasteiger partial charge >= 0.3 is 0 Å². The summed E-state index contributed by atoms with van der Waals surface area (Å²) >= 11 is 1.53. The molecule has 1 amide bonds. The second-order valence-electron chi connectivity index (χ2n) is 7.31. The fourth-order valence-corrected chi connectivity index (χ4v) is 5.00. The van der Waals surface area contributed by atoms with Crippen LogP contribution < -0.4 is 14.4 Å². The number of anilines is 1. The number of aryl methyl sites for hydroxylation is 1. The molecule has 30 heavy (non-hydrogen) atoms. The minimum Gasteiger partial charge on any atom is -0.493 e. The highest BCUT2D eigenvalue weighted by atomic mass is 32.2. The summed E-state index contributed by atoms with van der Waals surface area (Å²) in [5.74, 6) is 1.79. The second kappa shape index (κ2) is 8.33. The number of thioether (sulfide) groups is 1. The molecule has 4 rings (SSSR count). The van der Waals surface area contributed by atoms with Crippen molar-refractivity contribution in [2.24, 2.45) is 0 Å². The summed E-state index contributed by atoms with van der Waals surface area (Å²) in [6.07, 6.45) is 0.301. The lowest BCUT2D eigenvalue weighted by molar-refractivity contribution is -0.129. The van der Waals surface area contributed by atoms with Crippen LogP contribution in [0.4, 0.5) is 5.69 Å². The van der Waals surface area contributed by atoms with Gasteiger partial charge in [0.1, 0.15) is 0 Å². The zero-order chi connectivity index (χ0) is 21.3. The Morgan fingerprint density at radius 3 is 2.50 bits per heavy atom. The molecule has 0 aromatic heterocycles. The van der Waals surface area contributed by atoms with Crippen LogP contribution in [0.1, 0.15) is 23.5 Å². The largest absolute Gasteiger partial charge is 0.493 e. The highest BCUT2D eigenvalue weighted by molar-refractivity contribution is 8.03. The van der Waals surface area contributed by atoms with Gasteiger partial charge in [0.25, 0.3) is 0 Å². The molecule has 2 aliphatic rings. The maximum Gasteiger partial charge on any atom is 0.229 e. The molecule has 0 aliphatic carbocycles. The average Bonchev–Trinajstić information content (AvgIpc) is 2.78. The smallest absolute Gasteiger partial charge is 0.229 e. The standard InChI is InChI=1S/C23H23N3O3S/c1-15-4-6-16(7-5-15)18-11-22(27)26-13-25(14-30-23(26)19(18)12-24)17-8-9-20(28-2)21(10-17)29-3/h4-10,18H,11,13-14H2,1-3H3/t18-/m1/s1. The van der Waals surface area contributed by atoms with Crippen molar-refractivity contribution in [1.82, 2.24) is 4.90 Å². The zero-order valence-electron chi connectivity index (χ0n) is 17.2. The van der Waals surface area contributed by atoms with Crippen LogP contribution in [0, 0.1) is 18.3 Å². The molecule has 1 saturated heterocycles. The number of rotatable bonds is 4. The molecule has 1 atom stereocenters. The van der Waals surface area contributed by atoms with E-state index in [-0.39, 0.29) is 11.8 Å². The van der Waals surface area contributed by atoms with Crippen molar-refractivity contribution in [3.8, 4) is 17.6 Å². The number of ether oxygens (including phenoxy) is 2. The Morgan fingerprint density at radius 2 is 1.83 bits per heavy atom. The summed E-state index contributed by atoms with van der Waals surface area (Å²) in [6.45, 7) is 2.43. The number of nitriles is 1. The Hall–Kier alpha value is -3.11. The van der Waals surface area contributed by atoms with E-state index in [0.717, 1.165) is 21.8 Å². The third-order valence-electron chi connectivity index (χ3n) is 5.51. The number of carbonyl (C=O) groups excluding carboxylic acids is 1. The Kier molecular flexibility index (Phi) is 5.60. The van der Waals surface area contributed by atoms with Gasteiger partial charge in [0.05, 0.1) is 43.4 Å². The lowest BCUT2D eigenvalue weighted by Gasteiger charge is -2.42. The first-order valence-corrected chi connectivity index (χ1v) is 10.6. The minimum absolute atomic E-state index is 0.0345. The second-order valence-corrected chi connectivity index (χ2v) is 8.25. The number of fused-ring (bicyclic) bond motifs is 1. The van der Waals surface area contributed by atoms with Crippen LogP contribution in [-0.2, 0) is 4.79 Å².